The lowest BCUT2D eigenvalue weighted by Gasteiger charge is -2.36. The molecule has 12 nitrogen and oxygen atoms in total. The van der Waals surface area contributed by atoms with Gasteiger partial charge in [-0.2, -0.15) is 9.97 Å². The molecule has 4 rings (SSSR count). The van der Waals surface area contributed by atoms with Gasteiger partial charge in [0.1, 0.15) is 11.3 Å². The maximum Gasteiger partial charge on any atom is 0.327 e. The Hall–Kier alpha value is -3.64. The predicted molar refractivity (Wildman–Crippen MR) is 167 cm³/mol. The SMILES string of the molecule is CCCCOc1nc(N)c2[nH]c(=O)n(CCC3CCCCN3CCN(C)CCCOc3cccc(CC(=O)OC)c3)c2n1. The quantitative estimate of drug-likeness (QED) is 0.176. The number of likely N-dealkylation sites (N-methyl/N-ethyl adjacent to an activating group) is 1. The van der Waals surface area contributed by atoms with Gasteiger partial charge in [-0.05, 0) is 63.4 Å². The van der Waals surface area contributed by atoms with Crippen LogP contribution in [-0.4, -0.2) is 94.9 Å². The van der Waals surface area contributed by atoms with Crippen molar-refractivity contribution in [2.24, 2.45) is 0 Å². The van der Waals surface area contributed by atoms with E-state index in [4.69, 9.17) is 19.9 Å². The summed E-state index contributed by atoms with van der Waals surface area (Å²) in [5.41, 5.74) is 7.75. The number of ether oxygens (including phenoxy) is 3. The molecule has 0 saturated carbocycles. The third-order valence-electron chi connectivity index (χ3n) is 7.99. The highest BCUT2D eigenvalue weighted by Crippen LogP contribution is 2.22. The van der Waals surface area contributed by atoms with Crippen LogP contribution in [0.4, 0.5) is 5.82 Å². The molecule has 1 aliphatic heterocycles. The highest BCUT2D eigenvalue weighted by Gasteiger charge is 2.23. The van der Waals surface area contributed by atoms with Crippen LogP contribution in [-0.2, 0) is 22.5 Å². The number of imidazole rings is 1. The van der Waals surface area contributed by atoms with Gasteiger partial charge in [-0.1, -0.05) is 31.9 Å². The molecule has 1 aliphatic rings. The molecule has 1 atom stereocenters. The first-order chi connectivity index (χ1) is 20.9. The number of carbonyl (C=O) groups excluding carboxylic acids is 1. The number of esters is 1. The third-order valence-corrected chi connectivity index (χ3v) is 7.99. The smallest absolute Gasteiger partial charge is 0.327 e. The maximum atomic E-state index is 12.8. The van der Waals surface area contributed by atoms with E-state index in [0.29, 0.717) is 37.0 Å². The number of nitrogen functional groups attached to an aromatic ring is 1. The Bertz CT molecular complexity index is 1370. The van der Waals surface area contributed by atoms with Crippen LogP contribution in [0.15, 0.2) is 29.1 Å². The largest absolute Gasteiger partial charge is 0.494 e. The summed E-state index contributed by atoms with van der Waals surface area (Å²) in [6, 6.07) is 8.21. The van der Waals surface area contributed by atoms with E-state index in [9.17, 15) is 9.59 Å². The average Bonchev–Trinajstić information content (AvgIpc) is 3.33. The zero-order valence-electron chi connectivity index (χ0n) is 25.8. The van der Waals surface area contributed by atoms with Gasteiger partial charge in [0.05, 0.1) is 26.7 Å². The molecule has 0 bridgehead atoms. The van der Waals surface area contributed by atoms with Crippen LogP contribution >= 0.6 is 0 Å². The highest BCUT2D eigenvalue weighted by atomic mass is 16.5. The standard InChI is InChI=1S/C31H47N7O5/c1-4-5-19-43-30-34-28(32)27-29(35-30)38(31(40)33-27)16-13-24-11-6-7-15-37(24)18-17-36(2)14-9-20-42-25-12-8-10-23(21-25)22-26(39)41-3/h8,10,12,21,24H,4-7,9,11,13-20,22H2,1-3H3,(H,33,40)(H2,32,34,35). The summed E-state index contributed by atoms with van der Waals surface area (Å²) in [6.45, 7) is 7.70. The molecule has 1 fully saturated rings. The highest BCUT2D eigenvalue weighted by molar-refractivity contribution is 5.81. The number of hydrogen-bond acceptors (Lipinski definition) is 10. The first-order valence-corrected chi connectivity index (χ1v) is 15.5. The van der Waals surface area contributed by atoms with E-state index in [2.05, 4.69) is 38.7 Å². The van der Waals surface area contributed by atoms with Crippen molar-refractivity contribution in [2.45, 2.75) is 70.9 Å². The van der Waals surface area contributed by atoms with Crippen molar-refractivity contribution >= 4 is 23.0 Å². The van der Waals surface area contributed by atoms with Gasteiger partial charge in [0.2, 0.25) is 0 Å². The molecule has 3 aromatic rings. The van der Waals surface area contributed by atoms with E-state index < -0.39 is 0 Å². The number of aromatic amines is 1. The van der Waals surface area contributed by atoms with Gasteiger partial charge in [0.15, 0.2) is 11.5 Å². The molecular formula is C31H47N7O5. The topological polar surface area (TPSA) is 141 Å². The van der Waals surface area contributed by atoms with Crippen molar-refractivity contribution in [3.63, 3.8) is 0 Å². The number of methoxy groups -OCH3 is 1. The van der Waals surface area contributed by atoms with E-state index in [1.807, 2.05) is 24.3 Å². The fourth-order valence-corrected chi connectivity index (χ4v) is 5.49. The van der Waals surface area contributed by atoms with Crippen LogP contribution in [0.2, 0.25) is 0 Å². The fraction of sp³-hybridized carbons (Fsp3) is 0.613. The zero-order chi connectivity index (χ0) is 30.6. The molecular weight excluding hydrogens is 550 g/mol. The Morgan fingerprint density at radius 3 is 2.79 bits per heavy atom. The number of likely N-dealkylation sites (tertiary alicyclic amines) is 1. The number of carbonyl (C=O) groups is 1. The molecule has 3 heterocycles. The number of aromatic nitrogens is 4. The molecule has 0 aliphatic carbocycles. The average molecular weight is 598 g/mol. The molecule has 2 aromatic heterocycles. The van der Waals surface area contributed by atoms with Gasteiger partial charge in [-0.3, -0.25) is 14.3 Å². The first-order valence-electron chi connectivity index (χ1n) is 15.5. The normalized spacial score (nSPS) is 15.7. The lowest BCUT2D eigenvalue weighted by atomic mass is 9.99. The van der Waals surface area contributed by atoms with Crippen LogP contribution in [0.1, 0.15) is 57.4 Å². The molecule has 1 unspecified atom stereocenters. The Morgan fingerprint density at radius 2 is 1.98 bits per heavy atom. The van der Waals surface area contributed by atoms with Crippen molar-refractivity contribution in [2.75, 3.05) is 59.3 Å². The molecule has 0 radical (unpaired) electrons. The van der Waals surface area contributed by atoms with E-state index in [0.717, 1.165) is 69.6 Å². The van der Waals surface area contributed by atoms with Gasteiger partial charge in [0.25, 0.3) is 0 Å². The number of anilines is 1. The summed E-state index contributed by atoms with van der Waals surface area (Å²) in [6.07, 6.45) is 7.41. The van der Waals surface area contributed by atoms with E-state index in [-0.39, 0.29) is 29.9 Å². The van der Waals surface area contributed by atoms with Gasteiger partial charge in [0, 0.05) is 32.2 Å². The van der Waals surface area contributed by atoms with Gasteiger partial charge in [-0.15, -0.1) is 0 Å². The van der Waals surface area contributed by atoms with Crippen molar-refractivity contribution in [3.05, 3.63) is 40.3 Å². The molecule has 1 saturated heterocycles. The Morgan fingerprint density at radius 1 is 1.14 bits per heavy atom. The van der Waals surface area contributed by atoms with Crippen molar-refractivity contribution < 1.29 is 19.0 Å². The summed E-state index contributed by atoms with van der Waals surface area (Å²) in [4.78, 5) is 40.8. The molecule has 1 aromatic carbocycles. The molecule has 43 heavy (non-hydrogen) atoms. The zero-order valence-corrected chi connectivity index (χ0v) is 25.8. The van der Waals surface area contributed by atoms with Crippen LogP contribution in [0.3, 0.4) is 0 Å². The summed E-state index contributed by atoms with van der Waals surface area (Å²) < 4.78 is 18.0. The molecule has 236 valence electrons. The minimum atomic E-state index is -0.261. The third kappa shape index (κ3) is 9.42. The number of fused-ring (bicyclic) bond motifs is 1. The number of nitrogens with two attached hydrogens (primary N) is 1. The van der Waals surface area contributed by atoms with E-state index >= 15 is 0 Å². The number of aryl methyl sites for hydroxylation is 1. The second-order valence-corrected chi connectivity index (χ2v) is 11.3. The van der Waals surface area contributed by atoms with Crippen LogP contribution < -0.4 is 20.9 Å². The molecule has 0 amide bonds. The summed E-state index contributed by atoms with van der Waals surface area (Å²) in [7, 11) is 3.54. The van der Waals surface area contributed by atoms with Crippen molar-refractivity contribution in [1.29, 1.82) is 0 Å². The lowest BCUT2D eigenvalue weighted by molar-refractivity contribution is -0.139. The molecule has 0 spiro atoms. The predicted octanol–water partition coefficient (Wildman–Crippen LogP) is 3.24. The van der Waals surface area contributed by atoms with E-state index in [1.54, 1.807) is 4.57 Å². The summed E-state index contributed by atoms with van der Waals surface area (Å²) in [5, 5.41) is 0. The monoisotopic (exact) mass is 597 g/mol. The summed E-state index contributed by atoms with van der Waals surface area (Å²) >= 11 is 0. The van der Waals surface area contributed by atoms with Crippen LogP contribution in [0.5, 0.6) is 11.8 Å². The van der Waals surface area contributed by atoms with Gasteiger partial charge < -0.3 is 29.8 Å². The number of rotatable bonds is 17. The minimum absolute atomic E-state index is 0.214. The summed E-state index contributed by atoms with van der Waals surface area (Å²) in [5.74, 6) is 0.735. The number of hydrogen-bond donors (Lipinski definition) is 2. The Balaban J connectivity index is 1.24. The number of unbranched alkanes of at least 4 members (excludes halogenated alkanes) is 1. The lowest BCUT2D eigenvalue weighted by Crippen LogP contribution is -2.44. The molecule has 12 heteroatoms. The van der Waals surface area contributed by atoms with Crippen LogP contribution in [0, 0.1) is 0 Å². The molecule has 3 N–H and O–H groups in total. The van der Waals surface area contributed by atoms with Crippen LogP contribution in [0.25, 0.3) is 11.2 Å². The number of benzene rings is 1. The number of piperidine rings is 1. The van der Waals surface area contributed by atoms with Crippen molar-refractivity contribution in [3.8, 4) is 11.8 Å². The van der Waals surface area contributed by atoms with Gasteiger partial charge >= 0.3 is 17.7 Å². The first kappa shape index (κ1) is 32.3. The number of H-pyrrole nitrogens is 1. The fourth-order valence-electron chi connectivity index (χ4n) is 5.49. The Kier molecular flexibility index (Phi) is 12.2. The number of nitrogens with one attached hydrogen (secondary N) is 1. The minimum Gasteiger partial charge on any atom is -0.494 e. The van der Waals surface area contributed by atoms with Gasteiger partial charge in [-0.25, -0.2) is 4.79 Å². The van der Waals surface area contributed by atoms with Crippen molar-refractivity contribution in [1.82, 2.24) is 29.3 Å². The number of nitrogens with zero attached hydrogens (tertiary/aromatic N) is 5. The second-order valence-electron chi connectivity index (χ2n) is 11.3. The Labute approximate surface area is 253 Å². The van der Waals surface area contributed by atoms with E-state index in [1.165, 1.54) is 20.0 Å². The maximum absolute atomic E-state index is 12.8. The second kappa shape index (κ2) is 16.3.